The summed E-state index contributed by atoms with van der Waals surface area (Å²) >= 11 is 5.25. The highest BCUT2D eigenvalue weighted by molar-refractivity contribution is 8.03. The Kier molecular flexibility index (Phi) is 6.51. The minimum atomic E-state index is 0.105. The van der Waals surface area contributed by atoms with E-state index >= 15 is 0 Å². The number of nitrogens with zero attached hydrogens (tertiary/aromatic N) is 3. The number of hydrogen-bond donors (Lipinski definition) is 0. The summed E-state index contributed by atoms with van der Waals surface area (Å²) in [4.78, 5) is 15.4. The van der Waals surface area contributed by atoms with Crippen molar-refractivity contribution in [2.24, 2.45) is 0 Å². The molecule has 0 radical (unpaired) electrons. The summed E-state index contributed by atoms with van der Waals surface area (Å²) in [6, 6.07) is 9.05. The van der Waals surface area contributed by atoms with Crippen LogP contribution in [0.1, 0.15) is 32.7 Å². The molecule has 0 amide bonds. The Bertz CT molecular complexity index is 1270. The van der Waals surface area contributed by atoms with E-state index in [1.54, 1.807) is 22.7 Å². The highest BCUT2D eigenvalue weighted by Crippen LogP contribution is 2.31. The van der Waals surface area contributed by atoms with Gasteiger partial charge >= 0.3 is 0 Å². The van der Waals surface area contributed by atoms with Crippen molar-refractivity contribution in [2.45, 2.75) is 46.8 Å². The number of fused-ring (bicyclic) bond motifs is 1. The van der Waals surface area contributed by atoms with Gasteiger partial charge in [-0.15, -0.1) is 23.1 Å². The molecule has 3 heterocycles. The van der Waals surface area contributed by atoms with Gasteiger partial charge in [-0.25, -0.2) is 0 Å². The number of benzene rings is 1. The number of allylic oxidation sites excluding steroid dienone is 1. The van der Waals surface area contributed by atoms with Crippen LogP contribution in [-0.4, -0.2) is 27.8 Å². The van der Waals surface area contributed by atoms with Crippen molar-refractivity contribution in [3.8, 4) is 0 Å². The van der Waals surface area contributed by atoms with Gasteiger partial charge in [0.05, 0.1) is 15.6 Å². The molecule has 0 saturated carbocycles. The Balaban J connectivity index is 1.83. The third-order valence-corrected chi connectivity index (χ3v) is 8.96. The van der Waals surface area contributed by atoms with Crippen LogP contribution in [0.4, 0.5) is 0 Å². The molecular formula is C23H28N3OS3+. The van der Waals surface area contributed by atoms with E-state index in [2.05, 4.69) is 66.7 Å². The van der Waals surface area contributed by atoms with Gasteiger partial charge in [0, 0.05) is 31.0 Å². The standard InChI is InChI=1S/C23H28N3OS3/c1-5-24-16(4)15-28-20(24)13-12-19-23(27)26(7-3)22(30-19)14-21-25(6-2)17-10-8-9-11-18(17)29-21/h8-14,16H,5-7,15H2,1-4H3/q+1/b19-12+,20-13-. The van der Waals surface area contributed by atoms with Crippen molar-refractivity contribution in [3.05, 3.63) is 59.9 Å². The summed E-state index contributed by atoms with van der Waals surface area (Å²) in [5.74, 6) is 1.11. The number of aryl methyl sites for hydroxylation is 1. The van der Waals surface area contributed by atoms with Gasteiger partial charge in [0.25, 0.3) is 10.6 Å². The minimum Gasteiger partial charge on any atom is -0.363 e. The molecule has 1 aliphatic rings. The summed E-state index contributed by atoms with van der Waals surface area (Å²) in [7, 11) is 0. The van der Waals surface area contributed by atoms with Gasteiger partial charge in [-0.2, -0.15) is 4.57 Å². The Labute approximate surface area is 189 Å². The van der Waals surface area contributed by atoms with Gasteiger partial charge < -0.3 is 4.90 Å². The van der Waals surface area contributed by atoms with Crippen molar-refractivity contribution in [3.63, 3.8) is 0 Å². The Morgan fingerprint density at radius 1 is 1.13 bits per heavy atom. The average Bonchev–Trinajstić information content (AvgIpc) is 3.38. The Morgan fingerprint density at radius 2 is 1.93 bits per heavy atom. The first-order chi connectivity index (χ1) is 14.6. The molecule has 1 fully saturated rings. The van der Waals surface area contributed by atoms with E-state index < -0.39 is 0 Å². The van der Waals surface area contributed by atoms with Gasteiger partial charge in [0.15, 0.2) is 0 Å². The van der Waals surface area contributed by atoms with Crippen molar-refractivity contribution in [1.82, 2.24) is 9.47 Å². The fraction of sp³-hybridized carbons (Fsp3) is 0.391. The molecule has 1 aromatic carbocycles. The molecule has 4 nitrogen and oxygen atoms in total. The fourth-order valence-electron chi connectivity index (χ4n) is 3.90. The van der Waals surface area contributed by atoms with Crippen molar-refractivity contribution in [1.29, 1.82) is 0 Å². The molecule has 1 saturated heterocycles. The zero-order valence-electron chi connectivity index (χ0n) is 17.9. The smallest absolute Gasteiger partial charge is 0.269 e. The first-order valence-electron chi connectivity index (χ1n) is 10.5. The third kappa shape index (κ3) is 3.90. The van der Waals surface area contributed by atoms with Crippen LogP contribution >= 0.6 is 34.4 Å². The maximum Gasteiger partial charge on any atom is 0.269 e. The molecule has 1 unspecified atom stereocenters. The second-order valence-corrected chi connectivity index (χ2v) is 10.4. The summed E-state index contributed by atoms with van der Waals surface area (Å²) < 4.78 is 7.31. The van der Waals surface area contributed by atoms with Crippen LogP contribution in [0.2, 0.25) is 0 Å². The van der Waals surface area contributed by atoms with E-state index in [1.165, 1.54) is 20.3 Å². The number of hydrogen-bond acceptors (Lipinski definition) is 5. The highest BCUT2D eigenvalue weighted by Gasteiger charge is 2.23. The summed E-state index contributed by atoms with van der Waals surface area (Å²) in [6.45, 7) is 11.2. The van der Waals surface area contributed by atoms with Crippen molar-refractivity contribution in [2.75, 3.05) is 12.3 Å². The molecule has 4 rings (SSSR count). The monoisotopic (exact) mass is 458 g/mol. The van der Waals surface area contributed by atoms with Crippen LogP contribution in [-0.2, 0) is 13.1 Å². The van der Waals surface area contributed by atoms with E-state index in [0.717, 1.165) is 28.0 Å². The lowest BCUT2D eigenvalue weighted by atomic mass is 10.3. The Hall–Kier alpha value is -1.83. The first kappa shape index (κ1) is 21.4. The molecule has 3 aromatic rings. The van der Waals surface area contributed by atoms with Crippen LogP contribution in [0.5, 0.6) is 0 Å². The van der Waals surface area contributed by atoms with E-state index in [-0.39, 0.29) is 5.56 Å². The zero-order chi connectivity index (χ0) is 21.3. The summed E-state index contributed by atoms with van der Waals surface area (Å²) in [5.41, 5.74) is 1.36. The van der Waals surface area contributed by atoms with Gasteiger partial charge in [-0.1, -0.05) is 23.5 Å². The zero-order valence-corrected chi connectivity index (χ0v) is 20.4. The number of para-hydroxylation sites is 1. The lowest BCUT2D eigenvalue weighted by molar-refractivity contribution is -0.665. The topological polar surface area (TPSA) is 29.1 Å². The average molecular weight is 459 g/mol. The minimum absolute atomic E-state index is 0.105. The number of aromatic nitrogens is 2. The summed E-state index contributed by atoms with van der Waals surface area (Å²) in [6.07, 6.45) is 6.32. The summed E-state index contributed by atoms with van der Waals surface area (Å²) in [5, 5.41) is 2.45. The lowest BCUT2D eigenvalue weighted by Gasteiger charge is -2.21. The molecule has 0 N–H and O–H groups in total. The largest absolute Gasteiger partial charge is 0.363 e. The number of rotatable bonds is 5. The maximum absolute atomic E-state index is 13.0. The molecule has 30 heavy (non-hydrogen) atoms. The van der Waals surface area contributed by atoms with E-state index in [1.807, 2.05) is 29.3 Å². The maximum atomic E-state index is 13.0. The van der Waals surface area contributed by atoms with Crippen molar-refractivity contribution >= 4 is 56.8 Å². The molecule has 1 atom stereocenters. The van der Waals surface area contributed by atoms with Crippen LogP contribution in [0.3, 0.4) is 0 Å². The Morgan fingerprint density at radius 3 is 2.67 bits per heavy atom. The molecule has 2 aromatic heterocycles. The lowest BCUT2D eigenvalue weighted by Crippen LogP contribution is -2.35. The fourth-order valence-corrected chi connectivity index (χ4v) is 7.42. The molecule has 0 aliphatic carbocycles. The first-order valence-corrected chi connectivity index (χ1v) is 13.1. The molecule has 1 aliphatic heterocycles. The molecule has 7 heteroatoms. The van der Waals surface area contributed by atoms with Gasteiger partial charge in [-0.05, 0) is 45.9 Å². The van der Waals surface area contributed by atoms with Crippen LogP contribution < -0.4 is 19.3 Å². The normalized spacial score (nSPS) is 19.7. The van der Waals surface area contributed by atoms with Gasteiger partial charge in [0.2, 0.25) is 5.52 Å². The quantitative estimate of drug-likeness (QED) is 0.549. The van der Waals surface area contributed by atoms with Crippen molar-refractivity contribution < 1.29 is 4.57 Å². The van der Waals surface area contributed by atoms with E-state index in [0.29, 0.717) is 12.6 Å². The number of thiazole rings is 2. The second-order valence-electron chi connectivity index (χ2n) is 7.27. The van der Waals surface area contributed by atoms with Crippen LogP contribution in [0.15, 0.2) is 40.2 Å². The van der Waals surface area contributed by atoms with Crippen LogP contribution in [0.25, 0.3) is 22.4 Å². The van der Waals surface area contributed by atoms with E-state index in [9.17, 15) is 4.79 Å². The highest BCUT2D eigenvalue weighted by atomic mass is 32.2. The molecular weight excluding hydrogens is 430 g/mol. The van der Waals surface area contributed by atoms with Crippen LogP contribution in [0, 0.1) is 0 Å². The second kappa shape index (κ2) is 9.12. The number of thioether (sulfide) groups is 1. The molecule has 0 bridgehead atoms. The molecule has 158 valence electrons. The SMILES string of the molecule is CCN1/C(=C/C=c2/sc(=Cc3sc4ccccc4[n+]3CC)n(CC)c2=O)SCC1C. The predicted octanol–water partition coefficient (Wildman–Crippen LogP) is 3.36. The van der Waals surface area contributed by atoms with E-state index in [4.69, 9.17) is 0 Å². The predicted molar refractivity (Wildman–Crippen MR) is 132 cm³/mol. The van der Waals surface area contributed by atoms with Gasteiger partial charge in [-0.3, -0.25) is 9.36 Å². The molecule has 0 spiro atoms. The third-order valence-electron chi connectivity index (χ3n) is 5.46. The van der Waals surface area contributed by atoms with Gasteiger partial charge in [0.1, 0.15) is 15.9 Å².